The zero-order chi connectivity index (χ0) is 91.6. The number of nitrogens with zero attached hydrogens (tertiary/aromatic N) is 5. The van der Waals surface area contributed by atoms with Crippen LogP contribution in [0.1, 0.15) is 172 Å². The van der Waals surface area contributed by atoms with Crippen LogP contribution in [0.4, 0.5) is 34.1 Å². The topological polar surface area (TPSA) is 34.4 Å². The van der Waals surface area contributed by atoms with Crippen molar-refractivity contribution in [1.82, 2.24) is 13.7 Å². The highest BCUT2D eigenvalue weighted by atomic mass is 16.3. The molecule has 4 aromatic heterocycles. The molecule has 0 bridgehead atoms. The molecule has 6 heteroatoms. The molecule has 572 valence electrons. The fourth-order valence-electron chi connectivity index (χ4n) is 18.5. The standard InChI is InChI=1S/C111H97N5O/c1-107(2,3)71-46-53-92-86(58-71)87-59-72(108(4,5)6)47-54-93(87)112(92)76-50-52-83-99(64-76)115(97-44-30-40-81-80-39-29-43-96(105(80)117-106(81)97)114-94-55-48-73(109(7,8)9)60-88(94)89-61-74(110(10,11)12)49-56-95(89)114)100-65-77(113-90-41-27-25-37-78(90)79-38-26-28-42-91(79)113)66-101-103(100)102(83)82-51-45-70(67-31-19-16-20-32-67)57-98(82)116(101)104-84(68-33-21-17-22-34-68)62-75(111(13,14)15)63-85(104)69-35-23-18-24-36-69/h16-66,102H,1-15H3/i16D,19D,20D,25D,26D,27D,28D,31D,32D,37D,38D,41D,42D. The molecule has 0 fully saturated rings. The largest absolute Gasteiger partial charge is 0.452 e. The van der Waals surface area contributed by atoms with Crippen molar-refractivity contribution in [2.24, 2.45) is 0 Å². The van der Waals surface area contributed by atoms with Crippen LogP contribution in [0.25, 0.3) is 138 Å². The molecule has 15 aromatic carbocycles. The van der Waals surface area contributed by atoms with Crippen molar-refractivity contribution in [3.8, 4) is 50.4 Å². The number of hydrogen-bond donors (Lipinski definition) is 0. The summed E-state index contributed by atoms with van der Waals surface area (Å²) in [5, 5.41) is 5.83. The lowest BCUT2D eigenvalue weighted by molar-refractivity contribution is 0.590. The molecule has 0 amide bonds. The monoisotopic (exact) mass is 1530 g/mol. The minimum atomic E-state index is -0.766. The van der Waals surface area contributed by atoms with E-state index in [0.717, 1.165) is 110 Å². The Kier molecular flexibility index (Phi) is 13.0. The van der Waals surface area contributed by atoms with E-state index in [9.17, 15) is 16.4 Å². The Morgan fingerprint density at radius 1 is 0.265 bits per heavy atom. The van der Waals surface area contributed by atoms with Crippen molar-refractivity contribution in [2.45, 2.75) is 137 Å². The zero-order valence-electron chi connectivity index (χ0n) is 81.7. The molecule has 21 rings (SSSR count). The van der Waals surface area contributed by atoms with Crippen molar-refractivity contribution < 1.29 is 22.2 Å². The Bertz CT molecular complexity index is 7870. The van der Waals surface area contributed by atoms with Gasteiger partial charge in [-0.25, -0.2) is 0 Å². The first kappa shape index (κ1) is 58.9. The molecule has 0 radical (unpaired) electrons. The summed E-state index contributed by atoms with van der Waals surface area (Å²) in [5.41, 5.74) is 21.0. The van der Waals surface area contributed by atoms with E-state index in [1.165, 1.54) is 22.3 Å². The Morgan fingerprint density at radius 3 is 1.16 bits per heavy atom. The maximum Gasteiger partial charge on any atom is 0.159 e. The van der Waals surface area contributed by atoms with Crippen LogP contribution in [0.3, 0.4) is 0 Å². The van der Waals surface area contributed by atoms with Gasteiger partial charge in [0.2, 0.25) is 0 Å². The van der Waals surface area contributed by atoms with Crippen LogP contribution in [0, 0.1) is 0 Å². The maximum atomic E-state index is 10.3. The zero-order valence-corrected chi connectivity index (χ0v) is 68.7. The van der Waals surface area contributed by atoms with Crippen LogP contribution in [-0.4, -0.2) is 13.7 Å². The molecule has 6 nitrogen and oxygen atoms in total. The molecule has 117 heavy (non-hydrogen) atoms. The molecular weight excluding hydrogens is 1420 g/mol. The first-order chi connectivity index (χ1) is 61.6. The van der Waals surface area contributed by atoms with E-state index in [2.05, 4.69) is 287 Å². The van der Waals surface area contributed by atoms with Crippen molar-refractivity contribution in [3.05, 3.63) is 354 Å². The molecular formula is C111H97N5O. The van der Waals surface area contributed by atoms with Crippen LogP contribution in [0.2, 0.25) is 0 Å². The van der Waals surface area contributed by atoms with Crippen LogP contribution < -0.4 is 9.80 Å². The van der Waals surface area contributed by atoms with E-state index in [-0.39, 0.29) is 54.7 Å². The van der Waals surface area contributed by atoms with E-state index < -0.39 is 89.9 Å². The van der Waals surface area contributed by atoms with Gasteiger partial charge in [0.05, 0.1) is 96.4 Å². The average Bonchev–Trinajstić information content (AvgIpc) is 1.09. The average molecular weight is 1530 g/mol. The Balaban J connectivity index is 0.970. The minimum Gasteiger partial charge on any atom is -0.452 e. The first-order valence-electron chi connectivity index (χ1n) is 47.2. The molecule has 0 saturated carbocycles. The van der Waals surface area contributed by atoms with E-state index in [4.69, 9.17) is 5.79 Å². The summed E-state index contributed by atoms with van der Waals surface area (Å²) in [5.74, 6) is -0.766. The number of para-hydroxylation sites is 4. The second-order valence-electron chi connectivity index (χ2n) is 37.2. The quantitative estimate of drug-likeness (QED) is 0.152. The van der Waals surface area contributed by atoms with Crippen LogP contribution in [0.5, 0.6) is 0 Å². The Hall–Kier alpha value is -12.9. The summed E-state index contributed by atoms with van der Waals surface area (Å²) in [4.78, 5) is 4.50. The Labute approximate surface area is 704 Å². The highest BCUT2D eigenvalue weighted by molar-refractivity contribution is 6.17. The lowest BCUT2D eigenvalue weighted by Crippen LogP contribution is -2.30. The number of aromatic nitrogens is 3. The highest BCUT2D eigenvalue weighted by Crippen LogP contribution is 2.65. The van der Waals surface area contributed by atoms with Crippen LogP contribution in [0.15, 0.2) is 313 Å². The van der Waals surface area contributed by atoms with Gasteiger partial charge in [-0.2, -0.15) is 0 Å². The Morgan fingerprint density at radius 2 is 0.675 bits per heavy atom. The van der Waals surface area contributed by atoms with Gasteiger partial charge in [0.15, 0.2) is 11.2 Å². The predicted octanol–water partition coefficient (Wildman–Crippen LogP) is 31.1. The van der Waals surface area contributed by atoms with Gasteiger partial charge in [-0.1, -0.05) is 298 Å². The molecule has 6 heterocycles. The van der Waals surface area contributed by atoms with Crippen molar-refractivity contribution >= 4 is 121 Å². The van der Waals surface area contributed by atoms with Gasteiger partial charge in [-0.15, -0.1) is 0 Å². The van der Waals surface area contributed by atoms with Crippen LogP contribution in [-0.2, 0) is 27.1 Å². The van der Waals surface area contributed by atoms with Crippen molar-refractivity contribution in [2.75, 3.05) is 9.80 Å². The summed E-state index contributed by atoms with van der Waals surface area (Å²) < 4.78 is 140. The highest BCUT2D eigenvalue weighted by Gasteiger charge is 2.45. The molecule has 0 spiro atoms. The van der Waals surface area contributed by atoms with Gasteiger partial charge in [-0.3, -0.25) is 0 Å². The third-order valence-corrected chi connectivity index (χ3v) is 24.7. The van der Waals surface area contributed by atoms with E-state index in [1.807, 2.05) is 66.7 Å². The van der Waals surface area contributed by atoms with E-state index >= 15 is 0 Å². The first-order valence-corrected chi connectivity index (χ1v) is 40.7. The van der Waals surface area contributed by atoms with Gasteiger partial charge in [0.1, 0.15) is 0 Å². The van der Waals surface area contributed by atoms with Gasteiger partial charge in [0.25, 0.3) is 0 Å². The number of furan rings is 1. The summed E-state index contributed by atoms with van der Waals surface area (Å²) >= 11 is 0. The van der Waals surface area contributed by atoms with Crippen LogP contribution >= 0.6 is 0 Å². The molecule has 19 aromatic rings. The summed E-state index contributed by atoms with van der Waals surface area (Å²) in [6.45, 7) is 33.5. The lowest BCUT2D eigenvalue weighted by Gasteiger charge is -2.46. The summed E-state index contributed by atoms with van der Waals surface area (Å²) in [7, 11) is 0. The maximum absolute atomic E-state index is 10.3. The number of benzene rings is 15. The predicted molar refractivity (Wildman–Crippen MR) is 497 cm³/mol. The van der Waals surface area contributed by atoms with E-state index in [1.54, 1.807) is 4.57 Å². The molecule has 0 aliphatic carbocycles. The summed E-state index contributed by atoms with van der Waals surface area (Å²) in [6, 6.07) is 74.8. The molecule has 0 N–H and O–H groups in total. The number of hydrogen-bond acceptors (Lipinski definition) is 3. The third kappa shape index (κ3) is 11.3. The van der Waals surface area contributed by atoms with Gasteiger partial charge in [0, 0.05) is 71.4 Å². The smallest absolute Gasteiger partial charge is 0.159 e. The minimum absolute atomic E-state index is 0.0166. The lowest BCUT2D eigenvalue weighted by atomic mass is 9.74. The molecule has 2 aliphatic heterocycles. The molecule has 0 saturated heterocycles. The number of anilines is 6. The normalized spacial score (nSPS) is 15.5. The molecule has 1 unspecified atom stereocenters. The van der Waals surface area contributed by atoms with Gasteiger partial charge < -0.3 is 27.9 Å². The molecule has 2 aliphatic rings. The number of rotatable bonds is 8. The fraction of sp³-hybridized carbons (Fsp3) is 0.189. The van der Waals surface area contributed by atoms with Gasteiger partial charge >= 0.3 is 0 Å². The fourth-order valence-corrected chi connectivity index (χ4v) is 18.5. The van der Waals surface area contributed by atoms with Crippen molar-refractivity contribution in [3.63, 3.8) is 0 Å². The van der Waals surface area contributed by atoms with Gasteiger partial charge in [-0.05, 0) is 203 Å². The number of fused-ring (bicyclic) bond motifs is 16. The second kappa shape index (κ2) is 25.8. The van der Waals surface area contributed by atoms with E-state index in [0.29, 0.717) is 50.9 Å². The second-order valence-corrected chi connectivity index (χ2v) is 37.2. The molecule has 1 atom stereocenters. The van der Waals surface area contributed by atoms with Crippen molar-refractivity contribution in [1.29, 1.82) is 0 Å². The third-order valence-electron chi connectivity index (χ3n) is 24.7. The SMILES string of the molecule is [2H]c1c([2H])c([2H])c(-c2ccc3c(c2)N(c2c(-c4ccccc4)cc(C(C)(C)C)cc2-c2ccccc2)c2cc(-n4c5c([2H])c([2H])c([2H])c([2H])c5c5c([2H])c([2H])c([2H])c([2H])c54)cc4c2C3c2ccc(-n3c5ccc(C(C)(C)C)cc5c5cc(C(C)(C)C)ccc53)cc2N4c2cccc3c2oc2c(-n4c5ccc(C(C)(C)C)cc5c5cc(C(C)(C)C)ccc54)cccc23)c([2H])c1[2H]. The summed E-state index contributed by atoms with van der Waals surface area (Å²) in [6.07, 6.45) is 0.